The first-order valence-electron chi connectivity index (χ1n) is 6.20. The second-order valence-corrected chi connectivity index (χ2v) is 5.97. The molecule has 1 heterocycles. The Morgan fingerprint density at radius 2 is 2.00 bits per heavy atom. The highest BCUT2D eigenvalue weighted by Gasteiger charge is 2.29. The van der Waals surface area contributed by atoms with Crippen LogP contribution >= 0.6 is 27.5 Å². The van der Waals surface area contributed by atoms with E-state index < -0.39 is 11.6 Å². The summed E-state index contributed by atoms with van der Waals surface area (Å²) in [5.74, 6) is -0.340. The lowest BCUT2D eigenvalue weighted by Crippen LogP contribution is -2.03. The second-order valence-electron chi connectivity index (χ2n) is 4.82. The molecule has 0 saturated heterocycles. The SMILES string of the molecule is Fc1ccc(Cc2nc(Cl)c(Br)c(C3CC3)n2)c(F)c1. The van der Waals surface area contributed by atoms with Crippen molar-refractivity contribution in [2.24, 2.45) is 0 Å². The number of nitrogens with zero attached hydrogens (tertiary/aromatic N) is 2. The molecule has 1 aliphatic carbocycles. The average molecular weight is 360 g/mol. The minimum Gasteiger partial charge on any atom is -0.236 e. The van der Waals surface area contributed by atoms with Gasteiger partial charge in [0.2, 0.25) is 0 Å². The Balaban J connectivity index is 1.94. The van der Waals surface area contributed by atoms with Gasteiger partial charge in [-0.15, -0.1) is 0 Å². The van der Waals surface area contributed by atoms with Crippen LogP contribution in [-0.4, -0.2) is 9.97 Å². The van der Waals surface area contributed by atoms with Crippen LogP contribution in [0.3, 0.4) is 0 Å². The second kappa shape index (κ2) is 5.37. The van der Waals surface area contributed by atoms with Crippen molar-refractivity contribution < 1.29 is 8.78 Å². The lowest BCUT2D eigenvalue weighted by Gasteiger charge is -2.08. The summed E-state index contributed by atoms with van der Waals surface area (Å²) < 4.78 is 27.2. The Kier molecular flexibility index (Phi) is 3.73. The van der Waals surface area contributed by atoms with Gasteiger partial charge in [-0.1, -0.05) is 17.7 Å². The molecule has 0 N–H and O–H groups in total. The van der Waals surface area contributed by atoms with Gasteiger partial charge in [-0.3, -0.25) is 0 Å². The summed E-state index contributed by atoms with van der Waals surface area (Å²) in [6.45, 7) is 0. The molecule has 1 saturated carbocycles. The van der Waals surface area contributed by atoms with Gasteiger partial charge >= 0.3 is 0 Å². The lowest BCUT2D eigenvalue weighted by atomic mass is 10.1. The molecule has 0 spiro atoms. The van der Waals surface area contributed by atoms with E-state index in [9.17, 15) is 8.78 Å². The molecule has 3 rings (SSSR count). The molecule has 1 fully saturated rings. The first kappa shape index (κ1) is 13.9. The monoisotopic (exact) mass is 358 g/mol. The average Bonchev–Trinajstić information content (AvgIpc) is 3.21. The zero-order valence-electron chi connectivity index (χ0n) is 10.3. The van der Waals surface area contributed by atoms with E-state index in [4.69, 9.17) is 11.6 Å². The predicted molar refractivity (Wildman–Crippen MR) is 75.9 cm³/mol. The topological polar surface area (TPSA) is 25.8 Å². The molecular weight excluding hydrogens is 350 g/mol. The smallest absolute Gasteiger partial charge is 0.147 e. The van der Waals surface area contributed by atoms with E-state index in [1.165, 1.54) is 12.1 Å². The Morgan fingerprint density at radius 1 is 1.25 bits per heavy atom. The van der Waals surface area contributed by atoms with Crippen molar-refractivity contribution in [3.8, 4) is 0 Å². The van der Waals surface area contributed by atoms with E-state index in [0.29, 0.717) is 26.9 Å². The van der Waals surface area contributed by atoms with Crippen molar-refractivity contribution in [2.45, 2.75) is 25.2 Å². The van der Waals surface area contributed by atoms with Gasteiger partial charge in [-0.2, -0.15) is 0 Å². The molecule has 1 aromatic heterocycles. The third-order valence-corrected chi connectivity index (χ3v) is 4.49. The molecule has 0 aliphatic heterocycles. The van der Waals surface area contributed by atoms with Crippen LogP contribution in [0.4, 0.5) is 8.78 Å². The highest BCUT2D eigenvalue weighted by Crippen LogP contribution is 2.43. The molecule has 1 aromatic carbocycles. The van der Waals surface area contributed by atoms with E-state index in [1.54, 1.807) is 0 Å². The van der Waals surface area contributed by atoms with Crippen molar-refractivity contribution in [1.29, 1.82) is 0 Å². The Hall–Kier alpha value is -1.07. The third kappa shape index (κ3) is 2.83. The summed E-state index contributed by atoms with van der Waals surface area (Å²) >= 11 is 9.45. The fourth-order valence-corrected chi connectivity index (χ4v) is 2.72. The van der Waals surface area contributed by atoms with Crippen LogP contribution in [0.5, 0.6) is 0 Å². The van der Waals surface area contributed by atoms with Crippen LogP contribution in [0.2, 0.25) is 5.15 Å². The number of rotatable bonds is 3. The highest BCUT2D eigenvalue weighted by molar-refractivity contribution is 9.10. The molecule has 0 bridgehead atoms. The molecule has 0 unspecified atom stereocenters. The molecule has 0 radical (unpaired) electrons. The van der Waals surface area contributed by atoms with Crippen LogP contribution in [0, 0.1) is 11.6 Å². The number of aromatic nitrogens is 2. The maximum absolute atomic E-state index is 13.6. The van der Waals surface area contributed by atoms with E-state index in [-0.39, 0.29) is 6.42 Å². The van der Waals surface area contributed by atoms with Crippen molar-refractivity contribution in [1.82, 2.24) is 9.97 Å². The summed E-state index contributed by atoms with van der Waals surface area (Å²) in [4.78, 5) is 8.60. The largest absolute Gasteiger partial charge is 0.236 e. The molecule has 104 valence electrons. The number of hydrogen-bond acceptors (Lipinski definition) is 2. The van der Waals surface area contributed by atoms with Crippen molar-refractivity contribution in [2.75, 3.05) is 0 Å². The van der Waals surface area contributed by atoms with Crippen molar-refractivity contribution >= 4 is 27.5 Å². The summed E-state index contributed by atoms with van der Waals surface area (Å²) in [5, 5.41) is 0.333. The van der Waals surface area contributed by atoms with E-state index >= 15 is 0 Å². The molecule has 2 aromatic rings. The zero-order valence-corrected chi connectivity index (χ0v) is 12.7. The molecule has 20 heavy (non-hydrogen) atoms. The number of hydrogen-bond donors (Lipinski definition) is 0. The molecule has 0 amide bonds. The fraction of sp³-hybridized carbons (Fsp3) is 0.286. The number of benzene rings is 1. The maximum atomic E-state index is 13.6. The van der Waals surface area contributed by atoms with Gasteiger partial charge in [-0.25, -0.2) is 18.7 Å². The molecule has 1 aliphatic rings. The summed E-state index contributed by atoms with van der Waals surface area (Å²) in [6.07, 6.45) is 2.35. The summed E-state index contributed by atoms with van der Waals surface area (Å²) in [7, 11) is 0. The Labute approximate surface area is 128 Å². The van der Waals surface area contributed by atoms with Crippen LogP contribution in [0.15, 0.2) is 22.7 Å². The van der Waals surface area contributed by atoms with Gasteiger partial charge in [0, 0.05) is 18.4 Å². The van der Waals surface area contributed by atoms with Gasteiger partial charge in [-0.05, 0) is 40.4 Å². The van der Waals surface area contributed by atoms with Crippen LogP contribution in [0.25, 0.3) is 0 Å². The van der Waals surface area contributed by atoms with E-state index in [0.717, 1.165) is 24.6 Å². The predicted octanol–water partition coefficient (Wildman–Crippen LogP) is 4.64. The minimum absolute atomic E-state index is 0.193. The quantitative estimate of drug-likeness (QED) is 0.746. The Bertz CT molecular complexity index is 674. The maximum Gasteiger partial charge on any atom is 0.147 e. The first-order valence-corrected chi connectivity index (χ1v) is 7.37. The normalized spacial score (nSPS) is 14.6. The van der Waals surface area contributed by atoms with Crippen LogP contribution < -0.4 is 0 Å². The van der Waals surface area contributed by atoms with Gasteiger partial charge in [0.1, 0.15) is 22.6 Å². The fourth-order valence-electron chi connectivity index (χ4n) is 2.02. The summed E-state index contributed by atoms with van der Waals surface area (Å²) in [5.41, 5.74) is 1.23. The van der Waals surface area contributed by atoms with E-state index in [1.807, 2.05) is 0 Å². The molecule has 2 nitrogen and oxygen atoms in total. The standard InChI is InChI=1S/C14H10BrClF2N2/c15-12-13(7-1-2-7)19-11(20-14(12)16)5-8-3-4-9(17)6-10(8)18/h3-4,6-7H,1-2,5H2. The lowest BCUT2D eigenvalue weighted by molar-refractivity contribution is 0.573. The highest BCUT2D eigenvalue weighted by atomic mass is 79.9. The van der Waals surface area contributed by atoms with E-state index in [2.05, 4.69) is 25.9 Å². The van der Waals surface area contributed by atoms with Crippen molar-refractivity contribution in [3.63, 3.8) is 0 Å². The van der Waals surface area contributed by atoms with Gasteiger partial charge in [0.25, 0.3) is 0 Å². The van der Waals surface area contributed by atoms with Gasteiger partial charge in [0.15, 0.2) is 0 Å². The van der Waals surface area contributed by atoms with Gasteiger partial charge < -0.3 is 0 Å². The Morgan fingerprint density at radius 3 is 2.65 bits per heavy atom. The third-order valence-electron chi connectivity index (χ3n) is 3.21. The van der Waals surface area contributed by atoms with Crippen molar-refractivity contribution in [3.05, 3.63) is 56.5 Å². The van der Waals surface area contributed by atoms with Crippen LogP contribution in [-0.2, 0) is 6.42 Å². The first-order chi connectivity index (χ1) is 9.54. The zero-order chi connectivity index (χ0) is 14.3. The molecule has 0 atom stereocenters. The minimum atomic E-state index is -0.598. The number of halogens is 4. The van der Waals surface area contributed by atoms with Gasteiger partial charge in [0.05, 0.1) is 10.2 Å². The van der Waals surface area contributed by atoms with Crippen LogP contribution in [0.1, 0.15) is 35.8 Å². The molecular formula is C14H10BrClF2N2. The summed E-state index contributed by atoms with van der Waals surface area (Å²) in [6, 6.07) is 3.49. The molecule has 6 heteroatoms.